The van der Waals surface area contributed by atoms with Crippen LogP contribution in [0.25, 0.3) is 21.8 Å². The van der Waals surface area contributed by atoms with Crippen LogP contribution in [0.3, 0.4) is 0 Å². The van der Waals surface area contributed by atoms with E-state index in [1.54, 1.807) is 12.4 Å². The van der Waals surface area contributed by atoms with Crippen LogP contribution < -0.4 is 0 Å². The van der Waals surface area contributed by atoms with Crippen molar-refractivity contribution >= 4 is 45.6 Å². The minimum absolute atomic E-state index is 0.763. The first-order valence-electron chi connectivity index (χ1n) is 9.02. The highest BCUT2D eigenvalue weighted by Crippen LogP contribution is 2.22. The van der Waals surface area contributed by atoms with Crippen LogP contribution in [-0.4, -0.2) is 27.4 Å². The van der Waals surface area contributed by atoms with Gasteiger partial charge in [-0.3, -0.25) is 15.0 Å². The van der Waals surface area contributed by atoms with E-state index in [-0.39, 0.29) is 0 Å². The topological polar surface area (TPSA) is 69.2 Å². The molecule has 0 unspecified atom stereocenters. The zero-order valence-electron chi connectivity index (χ0n) is 15.0. The normalized spacial score (nSPS) is 12.0. The van der Waals surface area contributed by atoms with Gasteiger partial charge in [0.25, 0.3) is 0 Å². The van der Waals surface area contributed by atoms with Gasteiger partial charge in [-0.15, -0.1) is 0 Å². The summed E-state index contributed by atoms with van der Waals surface area (Å²) in [6.07, 6.45) is 11.1. The number of hydrogen-bond donors (Lipinski definition) is 2. The lowest BCUT2D eigenvalue weighted by molar-refractivity contribution is 1.29. The van der Waals surface area contributed by atoms with Crippen molar-refractivity contribution in [3.63, 3.8) is 0 Å². The van der Waals surface area contributed by atoms with Crippen LogP contribution in [0.5, 0.6) is 0 Å². The molecular formula is C23H17N5. The molecule has 3 aromatic heterocycles. The Balaban J connectivity index is 1.40. The Hall–Kier alpha value is -3.99. The number of benzene rings is 2. The van der Waals surface area contributed by atoms with E-state index in [9.17, 15) is 0 Å². The van der Waals surface area contributed by atoms with Crippen molar-refractivity contribution in [3.05, 3.63) is 90.5 Å². The molecule has 134 valence electrons. The molecule has 0 saturated heterocycles. The molecule has 0 aliphatic carbocycles. The molecule has 0 bridgehead atoms. The van der Waals surface area contributed by atoms with E-state index in [2.05, 4.69) is 37.1 Å². The van der Waals surface area contributed by atoms with Crippen molar-refractivity contribution in [1.82, 2.24) is 15.0 Å². The summed E-state index contributed by atoms with van der Waals surface area (Å²) in [6.45, 7) is 0. The highest BCUT2D eigenvalue weighted by atomic mass is 14.8. The molecule has 0 atom stereocenters. The summed E-state index contributed by atoms with van der Waals surface area (Å²) in [5, 5.41) is 2.29. The van der Waals surface area contributed by atoms with Crippen LogP contribution in [0.4, 0.5) is 11.4 Å². The summed E-state index contributed by atoms with van der Waals surface area (Å²) < 4.78 is 0. The number of pyridine rings is 1. The van der Waals surface area contributed by atoms with Crippen molar-refractivity contribution in [2.45, 2.75) is 0 Å². The SMILES string of the molecule is C(=Nc1cncc(N=Cc2c[nH]c3ccccc23)c1)c1c[nH]c2ccccc12. The van der Waals surface area contributed by atoms with Gasteiger partial charge >= 0.3 is 0 Å². The van der Waals surface area contributed by atoms with E-state index in [1.807, 2.05) is 67.3 Å². The van der Waals surface area contributed by atoms with Crippen LogP contribution in [0.1, 0.15) is 11.1 Å². The summed E-state index contributed by atoms with van der Waals surface area (Å²) in [5.41, 5.74) is 5.81. The number of para-hydroxylation sites is 2. The number of rotatable bonds is 4. The van der Waals surface area contributed by atoms with Crippen molar-refractivity contribution in [2.75, 3.05) is 0 Å². The first-order chi connectivity index (χ1) is 13.9. The van der Waals surface area contributed by atoms with Gasteiger partial charge in [0.1, 0.15) is 0 Å². The first kappa shape index (κ1) is 16.2. The van der Waals surface area contributed by atoms with Gasteiger partial charge in [0.15, 0.2) is 0 Å². The molecule has 0 aliphatic heterocycles. The average Bonchev–Trinajstić information content (AvgIpc) is 3.35. The molecule has 3 heterocycles. The van der Waals surface area contributed by atoms with Gasteiger partial charge in [0.2, 0.25) is 0 Å². The fraction of sp³-hybridized carbons (Fsp3) is 0. The van der Waals surface area contributed by atoms with Crippen molar-refractivity contribution in [2.24, 2.45) is 9.98 Å². The van der Waals surface area contributed by atoms with Gasteiger partial charge in [0, 0.05) is 57.8 Å². The molecule has 5 aromatic rings. The second-order valence-corrected chi connectivity index (χ2v) is 6.50. The zero-order valence-corrected chi connectivity index (χ0v) is 15.0. The van der Waals surface area contributed by atoms with E-state index < -0.39 is 0 Å². The van der Waals surface area contributed by atoms with E-state index in [1.165, 1.54) is 0 Å². The van der Waals surface area contributed by atoms with Gasteiger partial charge in [-0.05, 0) is 18.2 Å². The summed E-state index contributed by atoms with van der Waals surface area (Å²) in [5.74, 6) is 0. The van der Waals surface area contributed by atoms with Gasteiger partial charge in [-0.25, -0.2) is 0 Å². The molecule has 5 rings (SSSR count). The maximum atomic E-state index is 4.57. The number of nitrogens with one attached hydrogen (secondary N) is 2. The predicted molar refractivity (Wildman–Crippen MR) is 115 cm³/mol. The fourth-order valence-electron chi connectivity index (χ4n) is 3.25. The molecule has 0 aliphatic rings. The molecule has 2 N–H and O–H groups in total. The monoisotopic (exact) mass is 363 g/mol. The third-order valence-corrected chi connectivity index (χ3v) is 4.66. The Kier molecular flexibility index (Phi) is 4.03. The molecule has 0 saturated carbocycles. The second kappa shape index (κ2) is 6.96. The third-order valence-electron chi connectivity index (χ3n) is 4.66. The van der Waals surface area contributed by atoms with E-state index >= 15 is 0 Å². The number of aromatic amines is 2. The number of H-pyrrole nitrogens is 2. The maximum Gasteiger partial charge on any atom is 0.0834 e. The summed E-state index contributed by atoms with van der Waals surface area (Å²) in [7, 11) is 0. The lowest BCUT2D eigenvalue weighted by Crippen LogP contribution is -1.79. The van der Waals surface area contributed by atoms with E-state index in [4.69, 9.17) is 0 Å². The Bertz CT molecular complexity index is 1220. The van der Waals surface area contributed by atoms with Crippen molar-refractivity contribution in [3.8, 4) is 0 Å². The van der Waals surface area contributed by atoms with Crippen LogP contribution in [-0.2, 0) is 0 Å². The van der Waals surface area contributed by atoms with Crippen LogP contribution in [0.15, 0.2) is 89.4 Å². The quantitative estimate of drug-likeness (QED) is 0.404. The van der Waals surface area contributed by atoms with Crippen molar-refractivity contribution in [1.29, 1.82) is 0 Å². The summed E-state index contributed by atoms with van der Waals surface area (Å²) >= 11 is 0. The highest BCUT2D eigenvalue weighted by molar-refractivity contribution is 6.00. The number of hydrogen-bond acceptors (Lipinski definition) is 3. The molecule has 0 radical (unpaired) electrons. The standard InChI is InChI=1S/C23H17N5/c1-3-7-22-20(5-1)16(12-27-22)10-25-18-9-19(15-24-14-18)26-11-17-13-28-23-8-4-2-6-21(17)23/h1-15,27-28H. The zero-order chi connectivity index (χ0) is 18.8. The smallest absolute Gasteiger partial charge is 0.0834 e. The molecule has 0 amide bonds. The molecule has 28 heavy (non-hydrogen) atoms. The van der Waals surface area contributed by atoms with Crippen LogP contribution >= 0.6 is 0 Å². The Labute approximate surface area is 161 Å². The minimum atomic E-state index is 0.763. The largest absolute Gasteiger partial charge is 0.361 e. The maximum absolute atomic E-state index is 4.57. The number of fused-ring (bicyclic) bond motifs is 2. The Morgan fingerprint density at radius 1 is 0.679 bits per heavy atom. The first-order valence-corrected chi connectivity index (χ1v) is 9.02. The van der Waals surface area contributed by atoms with E-state index in [0.717, 1.165) is 44.3 Å². The van der Waals surface area contributed by atoms with Gasteiger partial charge in [-0.1, -0.05) is 36.4 Å². The number of aliphatic imine (C=N–C) groups is 2. The molecule has 5 nitrogen and oxygen atoms in total. The predicted octanol–water partition coefficient (Wildman–Crippen LogP) is 5.55. The minimum Gasteiger partial charge on any atom is -0.361 e. The highest BCUT2D eigenvalue weighted by Gasteiger charge is 2.01. The lowest BCUT2D eigenvalue weighted by atomic mass is 10.2. The summed E-state index contributed by atoms with van der Waals surface area (Å²) in [4.78, 5) is 19.9. The van der Waals surface area contributed by atoms with Gasteiger partial charge < -0.3 is 9.97 Å². The molecule has 5 heteroatoms. The molecule has 0 spiro atoms. The Morgan fingerprint density at radius 3 is 1.71 bits per heavy atom. The second-order valence-electron chi connectivity index (χ2n) is 6.50. The van der Waals surface area contributed by atoms with Gasteiger partial charge in [-0.2, -0.15) is 0 Å². The van der Waals surface area contributed by atoms with Crippen LogP contribution in [0, 0.1) is 0 Å². The third kappa shape index (κ3) is 3.10. The molecule has 0 fully saturated rings. The lowest BCUT2D eigenvalue weighted by Gasteiger charge is -1.96. The average molecular weight is 363 g/mol. The van der Waals surface area contributed by atoms with Crippen molar-refractivity contribution < 1.29 is 0 Å². The number of aromatic nitrogens is 3. The molecule has 2 aromatic carbocycles. The fourth-order valence-corrected chi connectivity index (χ4v) is 3.25. The van der Waals surface area contributed by atoms with E-state index in [0.29, 0.717) is 0 Å². The van der Waals surface area contributed by atoms with Crippen LogP contribution in [0.2, 0.25) is 0 Å². The molecular weight excluding hydrogens is 346 g/mol. The Morgan fingerprint density at radius 2 is 1.18 bits per heavy atom. The van der Waals surface area contributed by atoms with Gasteiger partial charge in [0.05, 0.1) is 23.8 Å². The summed E-state index contributed by atoms with van der Waals surface area (Å²) in [6, 6.07) is 18.2. The number of nitrogens with zero attached hydrogens (tertiary/aromatic N) is 3.